The molecule has 1 heterocycles. The lowest BCUT2D eigenvalue weighted by atomic mass is 9.99. The van der Waals surface area contributed by atoms with Crippen molar-refractivity contribution in [1.29, 1.82) is 0 Å². The molecule has 0 aromatic heterocycles. The zero-order valence-electron chi connectivity index (χ0n) is 11.7. The Balaban J connectivity index is 2.43. The molecule has 1 amide bonds. The Hall–Kier alpha value is -0.570. The second-order valence-electron chi connectivity index (χ2n) is 5.54. The summed E-state index contributed by atoms with van der Waals surface area (Å²) in [7, 11) is 0. The summed E-state index contributed by atoms with van der Waals surface area (Å²) < 4.78 is 0. The molecule has 1 N–H and O–H groups in total. The van der Waals surface area contributed by atoms with Crippen LogP contribution in [0.5, 0.6) is 0 Å². The monoisotopic (exact) mass is 240 g/mol. The molecule has 1 aliphatic heterocycles. The van der Waals surface area contributed by atoms with Crippen LogP contribution in [0, 0.1) is 5.92 Å². The maximum Gasteiger partial charge on any atom is 0.219 e. The number of carbonyl (C=O) groups excluding carboxylic acids is 1. The summed E-state index contributed by atoms with van der Waals surface area (Å²) in [6, 6.07) is 0.533. The normalized spacial score (nSPS) is 19.3. The molecule has 0 bridgehead atoms. The summed E-state index contributed by atoms with van der Waals surface area (Å²) >= 11 is 0. The van der Waals surface area contributed by atoms with Gasteiger partial charge in [-0.2, -0.15) is 0 Å². The lowest BCUT2D eigenvalue weighted by Gasteiger charge is -2.35. The van der Waals surface area contributed by atoms with Crippen LogP contribution in [-0.2, 0) is 4.79 Å². The molecule has 1 saturated heterocycles. The lowest BCUT2D eigenvalue weighted by Crippen LogP contribution is -2.46. The average molecular weight is 240 g/mol. The van der Waals surface area contributed by atoms with Gasteiger partial charge in [-0.1, -0.05) is 27.2 Å². The highest BCUT2D eigenvalue weighted by molar-refractivity contribution is 5.75. The standard InChI is InChI=1S/C14H28N2O/c1-4-14(17)15-11-13(10-12(2)3)16-8-6-5-7-9-16/h12-13H,4-11H2,1-3H3,(H,15,17). The maximum atomic E-state index is 11.4. The molecular weight excluding hydrogens is 212 g/mol. The molecule has 0 aromatic carbocycles. The zero-order chi connectivity index (χ0) is 12.7. The summed E-state index contributed by atoms with van der Waals surface area (Å²) in [6.07, 6.45) is 5.78. The van der Waals surface area contributed by atoms with E-state index in [4.69, 9.17) is 0 Å². The number of carbonyl (C=O) groups is 1. The van der Waals surface area contributed by atoms with Gasteiger partial charge >= 0.3 is 0 Å². The number of piperidine rings is 1. The first-order valence-electron chi connectivity index (χ1n) is 7.14. The highest BCUT2D eigenvalue weighted by atomic mass is 16.1. The molecule has 1 unspecified atom stereocenters. The minimum absolute atomic E-state index is 0.177. The number of nitrogens with one attached hydrogen (secondary N) is 1. The van der Waals surface area contributed by atoms with Gasteiger partial charge in [0.05, 0.1) is 0 Å². The largest absolute Gasteiger partial charge is 0.355 e. The van der Waals surface area contributed by atoms with E-state index in [9.17, 15) is 4.79 Å². The van der Waals surface area contributed by atoms with Crippen molar-refractivity contribution in [3.8, 4) is 0 Å². The van der Waals surface area contributed by atoms with Gasteiger partial charge in [0.1, 0.15) is 0 Å². The van der Waals surface area contributed by atoms with Crippen LogP contribution in [0.4, 0.5) is 0 Å². The molecule has 1 atom stereocenters. The third-order valence-corrected chi connectivity index (χ3v) is 3.51. The van der Waals surface area contributed by atoms with E-state index >= 15 is 0 Å². The summed E-state index contributed by atoms with van der Waals surface area (Å²) in [6.45, 7) is 9.68. The van der Waals surface area contributed by atoms with Crippen LogP contribution in [0.25, 0.3) is 0 Å². The van der Waals surface area contributed by atoms with Gasteiger partial charge in [0.15, 0.2) is 0 Å². The summed E-state index contributed by atoms with van der Waals surface area (Å²) in [5, 5.41) is 3.05. The topological polar surface area (TPSA) is 32.3 Å². The van der Waals surface area contributed by atoms with Crippen LogP contribution in [0.15, 0.2) is 0 Å². The van der Waals surface area contributed by atoms with Crippen LogP contribution in [0.3, 0.4) is 0 Å². The number of nitrogens with zero attached hydrogens (tertiary/aromatic N) is 1. The van der Waals surface area contributed by atoms with Crippen LogP contribution < -0.4 is 5.32 Å². The van der Waals surface area contributed by atoms with Gasteiger partial charge in [0.25, 0.3) is 0 Å². The smallest absolute Gasteiger partial charge is 0.219 e. The van der Waals surface area contributed by atoms with E-state index in [0.29, 0.717) is 18.4 Å². The number of rotatable bonds is 6. The van der Waals surface area contributed by atoms with E-state index in [0.717, 1.165) is 6.54 Å². The van der Waals surface area contributed by atoms with Crippen LogP contribution >= 0.6 is 0 Å². The molecular formula is C14H28N2O. The summed E-state index contributed by atoms with van der Waals surface area (Å²) in [5.41, 5.74) is 0. The molecule has 17 heavy (non-hydrogen) atoms. The molecule has 1 aliphatic rings. The van der Waals surface area contributed by atoms with E-state index < -0.39 is 0 Å². The van der Waals surface area contributed by atoms with Gasteiger partial charge < -0.3 is 5.32 Å². The molecule has 3 nitrogen and oxygen atoms in total. The Morgan fingerprint density at radius 1 is 1.24 bits per heavy atom. The first-order valence-corrected chi connectivity index (χ1v) is 7.14. The Labute approximate surface area is 106 Å². The van der Waals surface area contributed by atoms with E-state index in [1.54, 1.807) is 0 Å². The molecule has 0 radical (unpaired) electrons. The van der Waals surface area contributed by atoms with Gasteiger partial charge in [-0.15, -0.1) is 0 Å². The molecule has 0 spiro atoms. The minimum atomic E-state index is 0.177. The zero-order valence-corrected chi connectivity index (χ0v) is 11.7. The van der Waals surface area contributed by atoms with Crippen molar-refractivity contribution >= 4 is 5.91 Å². The summed E-state index contributed by atoms with van der Waals surface area (Å²) in [4.78, 5) is 13.9. The Morgan fingerprint density at radius 2 is 1.88 bits per heavy atom. The highest BCUT2D eigenvalue weighted by Gasteiger charge is 2.21. The predicted octanol–water partition coefficient (Wildman–Crippen LogP) is 2.41. The van der Waals surface area contributed by atoms with Gasteiger partial charge in [0.2, 0.25) is 5.91 Å². The number of hydrogen-bond donors (Lipinski definition) is 1. The molecule has 0 aliphatic carbocycles. The minimum Gasteiger partial charge on any atom is -0.355 e. The van der Waals surface area contributed by atoms with Crippen LogP contribution in [-0.4, -0.2) is 36.5 Å². The van der Waals surface area contributed by atoms with Crippen molar-refractivity contribution in [3.05, 3.63) is 0 Å². The van der Waals surface area contributed by atoms with E-state index in [1.165, 1.54) is 38.8 Å². The van der Waals surface area contributed by atoms with Gasteiger partial charge in [-0.3, -0.25) is 9.69 Å². The second-order valence-corrected chi connectivity index (χ2v) is 5.54. The third-order valence-electron chi connectivity index (χ3n) is 3.51. The molecule has 1 fully saturated rings. The summed E-state index contributed by atoms with van der Waals surface area (Å²) in [5.74, 6) is 0.872. The second kappa shape index (κ2) is 7.70. The first-order chi connectivity index (χ1) is 8.13. The van der Waals surface area contributed by atoms with E-state index in [-0.39, 0.29) is 5.91 Å². The van der Waals surface area contributed by atoms with Crippen LogP contribution in [0.1, 0.15) is 52.9 Å². The number of amides is 1. The Kier molecular flexibility index (Phi) is 6.56. The van der Waals surface area contributed by atoms with E-state index in [2.05, 4.69) is 24.1 Å². The average Bonchev–Trinajstić information content (AvgIpc) is 2.34. The molecule has 0 aromatic rings. The fraction of sp³-hybridized carbons (Fsp3) is 0.929. The number of hydrogen-bond acceptors (Lipinski definition) is 2. The Bertz CT molecular complexity index is 222. The fourth-order valence-electron chi connectivity index (χ4n) is 2.55. The van der Waals surface area contributed by atoms with Crippen molar-refractivity contribution in [2.75, 3.05) is 19.6 Å². The lowest BCUT2D eigenvalue weighted by molar-refractivity contribution is -0.121. The van der Waals surface area contributed by atoms with Crippen LogP contribution in [0.2, 0.25) is 0 Å². The predicted molar refractivity (Wildman–Crippen MR) is 72.0 cm³/mol. The third kappa shape index (κ3) is 5.53. The Morgan fingerprint density at radius 3 is 2.41 bits per heavy atom. The van der Waals surface area contributed by atoms with Crippen molar-refractivity contribution in [2.24, 2.45) is 5.92 Å². The van der Waals surface area contributed by atoms with Crippen molar-refractivity contribution in [3.63, 3.8) is 0 Å². The highest BCUT2D eigenvalue weighted by Crippen LogP contribution is 2.17. The van der Waals surface area contributed by atoms with Crippen molar-refractivity contribution in [2.45, 2.75) is 58.9 Å². The van der Waals surface area contributed by atoms with Gasteiger partial charge in [0, 0.05) is 19.0 Å². The van der Waals surface area contributed by atoms with Gasteiger partial charge in [-0.05, 0) is 38.3 Å². The molecule has 1 rings (SSSR count). The van der Waals surface area contributed by atoms with Crippen molar-refractivity contribution in [1.82, 2.24) is 10.2 Å². The maximum absolute atomic E-state index is 11.4. The molecule has 3 heteroatoms. The SMILES string of the molecule is CCC(=O)NCC(CC(C)C)N1CCCCC1. The molecule has 0 saturated carbocycles. The fourth-order valence-corrected chi connectivity index (χ4v) is 2.55. The van der Waals surface area contributed by atoms with Crippen molar-refractivity contribution < 1.29 is 4.79 Å². The quantitative estimate of drug-likeness (QED) is 0.773. The van der Waals surface area contributed by atoms with Gasteiger partial charge in [-0.25, -0.2) is 0 Å². The number of likely N-dealkylation sites (tertiary alicyclic amines) is 1. The first kappa shape index (κ1) is 14.5. The van der Waals surface area contributed by atoms with E-state index in [1.807, 2.05) is 6.92 Å². The molecule has 100 valence electrons.